The first kappa shape index (κ1) is 24.3. The molecule has 1 amide bonds. The largest absolute Gasteiger partial charge is 0.352 e. The Labute approximate surface area is 183 Å². The van der Waals surface area contributed by atoms with Gasteiger partial charge in [0.2, 0.25) is 15.9 Å². The van der Waals surface area contributed by atoms with E-state index < -0.39 is 14.9 Å². The molecule has 0 fully saturated rings. The molecule has 0 atom stereocenters. The number of rotatable bonds is 11. The van der Waals surface area contributed by atoms with Crippen LogP contribution in [0.1, 0.15) is 43.4 Å². The fraction of sp³-hybridized carbons (Fsp3) is 0.409. The van der Waals surface area contributed by atoms with E-state index in [9.17, 15) is 23.3 Å². The molecule has 0 aliphatic rings. The van der Waals surface area contributed by atoms with E-state index in [1.165, 1.54) is 35.4 Å². The van der Waals surface area contributed by atoms with Crippen molar-refractivity contribution < 1.29 is 18.1 Å². The van der Waals surface area contributed by atoms with E-state index in [-0.39, 0.29) is 36.7 Å². The quantitative estimate of drug-likeness (QED) is 0.418. The van der Waals surface area contributed by atoms with Crippen LogP contribution in [0.2, 0.25) is 0 Å². The minimum atomic E-state index is -3.65. The molecule has 0 bridgehead atoms. The predicted molar refractivity (Wildman–Crippen MR) is 122 cm³/mol. The number of sulfonamides is 1. The van der Waals surface area contributed by atoms with Crippen LogP contribution in [0.3, 0.4) is 0 Å². The molecule has 0 aliphatic carbocycles. The smallest absolute Gasteiger partial charge is 0.271 e. The Bertz CT molecular complexity index is 1040. The second kappa shape index (κ2) is 10.9. The summed E-state index contributed by atoms with van der Waals surface area (Å²) >= 11 is 0. The van der Waals surface area contributed by atoms with E-state index in [4.69, 9.17) is 0 Å². The van der Waals surface area contributed by atoms with Crippen molar-refractivity contribution in [3.8, 4) is 0 Å². The van der Waals surface area contributed by atoms with Crippen LogP contribution >= 0.6 is 0 Å². The van der Waals surface area contributed by atoms with Gasteiger partial charge in [0.05, 0.1) is 16.9 Å². The number of benzene rings is 2. The maximum Gasteiger partial charge on any atom is 0.271 e. The van der Waals surface area contributed by atoms with Gasteiger partial charge < -0.3 is 5.32 Å². The van der Waals surface area contributed by atoms with Gasteiger partial charge in [0.25, 0.3) is 5.69 Å². The lowest BCUT2D eigenvalue weighted by atomic mass is 10.0. The average molecular weight is 448 g/mol. The Kier molecular flexibility index (Phi) is 8.56. The first-order chi connectivity index (χ1) is 14.7. The van der Waals surface area contributed by atoms with E-state index in [1.807, 2.05) is 0 Å². The third-order valence-corrected chi connectivity index (χ3v) is 6.22. The molecule has 0 unspecified atom stereocenters. The van der Waals surface area contributed by atoms with Gasteiger partial charge >= 0.3 is 0 Å². The molecule has 0 aromatic heterocycles. The van der Waals surface area contributed by atoms with Crippen molar-refractivity contribution in [2.75, 3.05) is 17.1 Å². The van der Waals surface area contributed by atoms with Gasteiger partial charge in [-0.15, -0.1) is 0 Å². The zero-order chi connectivity index (χ0) is 23.0. The molecule has 0 heterocycles. The molecule has 0 radical (unpaired) electrons. The van der Waals surface area contributed by atoms with Gasteiger partial charge in [-0.2, -0.15) is 0 Å². The number of non-ortho nitro benzene ring substituents is 1. The van der Waals surface area contributed by atoms with E-state index in [0.29, 0.717) is 6.54 Å². The fourth-order valence-electron chi connectivity index (χ4n) is 3.32. The second-order valence-electron chi connectivity index (χ2n) is 7.30. The van der Waals surface area contributed by atoms with Gasteiger partial charge in [0, 0.05) is 31.6 Å². The molecule has 1 N–H and O–H groups in total. The van der Waals surface area contributed by atoms with Crippen molar-refractivity contribution in [1.29, 1.82) is 0 Å². The third kappa shape index (κ3) is 7.06. The Morgan fingerprint density at radius 2 is 1.84 bits per heavy atom. The molecular formula is C22H29N3O5S. The van der Waals surface area contributed by atoms with Crippen molar-refractivity contribution in [2.24, 2.45) is 0 Å². The number of aryl methyl sites for hydroxylation is 2. The highest BCUT2D eigenvalue weighted by Gasteiger charge is 2.20. The number of nitrogens with zero attached hydrogens (tertiary/aromatic N) is 2. The molecule has 8 nitrogen and oxygen atoms in total. The SMILES string of the molecule is CCc1ccc(CC)c(CNC(=O)CCCN(c2cccc([N+](=O)[O-])c2)S(C)(=O)=O)c1. The summed E-state index contributed by atoms with van der Waals surface area (Å²) in [6, 6.07) is 11.7. The minimum absolute atomic E-state index is 0.0545. The lowest BCUT2D eigenvalue weighted by Crippen LogP contribution is -2.32. The molecule has 31 heavy (non-hydrogen) atoms. The maximum absolute atomic E-state index is 12.3. The van der Waals surface area contributed by atoms with Crippen LogP contribution in [0.25, 0.3) is 0 Å². The highest BCUT2D eigenvalue weighted by Crippen LogP contribution is 2.23. The Hall–Kier alpha value is -2.94. The standard InChI is InChI=1S/C22H29N3O5S/c1-4-17-11-12-18(5-2)19(14-17)16-23-22(26)10-7-13-24(31(3,29)30)20-8-6-9-21(15-20)25(27)28/h6,8-9,11-12,14-15H,4-5,7,10,13,16H2,1-3H3,(H,23,26). The molecule has 9 heteroatoms. The minimum Gasteiger partial charge on any atom is -0.352 e. The van der Waals surface area contributed by atoms with Crippen LogP contribution in [-0.2, 0) is 34.2 Å². The van der Waals surface area contributed by atoms with Crippen LogP contribution in [0, 0.1) is 10.1 Å². The van der Waals surface area contributed by atoms with Crippen molar-refractivity contribution >= 4 is 27.3 Å². The van der Waals surface area contributed by atoms with E-state index in [1.54, 1.807) is 0 Å². The second-order valence-corrected chi connectivity index (χ2v) is 9.21. The number of nitro benzene ring substituents is 1. The zero-order valence-electron chi connectivity index (χ0n) is 18.1. The van der Waals surface area contributed by atoms with Crippen molar-refractivity contribution in [3.05, 3.63) is 69.3 Å². The van der Waals surface area contributed by atoms with Crippen molar-refractivity contribution in [1.82, 2.24) is 5.32 Å². The van der Waals surface area contributed by atoms with Crippen LogP contribution in [0.5, 0.6) is 0 Å². The van der Waals surface area contributed by atoms with E-state index in [0.717, 1.165) is 29.0 Å². The number of hydrogen-bond acceptors (Lipinski definition) is 5. The van der Waals surface area contributed by atoms with Gasteiger partial charge in [-0.05, 0) is 42.0 Å². The monoisotopic (exact) mass is 447 g/mol. The summed E-state index contributed by atoms with van der Waals surface area (Å²) in [7, 11) is -3.65. The summed E-state index contributed by atoms with van der Waals surface area (Å²) in [6.07, 6.45) is 3.28. The predicted octanol–water partition coefficient (Wildman–Crippen LogP) is 3.58. The lowest BCUT2D eigenvalue weighted by molar-refractivity contribution is -0.384. The average Bonchev–Trinajstić information content (AvgIpc) is 2.74. The summed E-state index contributed by atoms with van der Waals surface area (Å²) < 4.78 is 25.5. The van der Waals surface area contributed by atoms with Gasteiger partial charge in [0.15, 0.2) is 0 Å². The van der Waals surface area contributed by atoms with Gasteiger partial charge in [0.1, 0.15) is 0 Å². The topological polar surface area (TPSA) is 110 Å². The molecule has 168 valence electrons. The molecule has 0 spiro atoms. The van der Waals surface area contributed by atoms with Gasteiger partial charge in [-0.25, -0.2) is 8.42 Å². The van der Waals surface area contributed by atoms with Crippen molar-refractivity contribution in [3.63, 3.8) is 0 Å². The summed E-state index contributed by atoms with van der Waals surface area (Å²) in [4.78, 5) is 22.7. The highest BCUT2D eigenvalue weighted by atomic mass is 32.2. The summed E-state index contributed by atoms with van der Waals surface area (Å²) in [5, 5.41) is 13.9. The zero-order valence-corrected chi connectivity index (χ0v) is 18.9. The summed E-state index contributed by atoms with van der Waals surface area (Å²) in [6.45, 7) is 4.63. The lowest BCUT2D eigenvalue weighted by Gasteiger charge is -2.22. The number of anilines is 1. The Morgan fingerprint density at radius 3 is 2.45 bits per heavy atom. The van der Waals surface area contributed by atoms with E-state index >= 15 is 0 Å². The van der Waals surface area contributed by atoms with Crippen LogP contribution in [0.15, 0.2) is 42.5 Å². The van der Waals surface area contributed by atoms with Crippen LogP contribution in [0.4, 0.5) is 11.4 Å². The molecule has 2 aromatic rings. The molecular weight excluding hydrogens is 418 g/mol. The number of hydrogen-bond donors (Lipinski definition) is 1. The number of carbonyl (C=O) groups is 1. The molecule has 0 saturated heterocycles. The normalized spacial score (nSPS) is 11.2. The number of amides is 1. The van der Waals surface area contributed by atoms with Crippen LogP contribution in [-0.4, -0.2) is 32.0 Å². The fourth-order valence-corrected chi connectivity index (χ4v) is 4.28. The van der Waals surface area contributed by atoms with Crippen LogP contribution < -0.4 is 9.62 Å². The summed E-state index contributed by atoms with van der Waals surface area (Å²) in [5.41, 5.74) is 3.50. The van der Waals surface area contributed by atoms with Gasteiger partial charge in [-0.1, -0.05) is 38.1 Å². The molecule has 0 aliphatic heterocycles. The van der Waals surface area contributed by atoms with E-state index in [2.05, 4.69) is 37.4 Å². The molecule has 0 saturated carbocycles. The number of carbonyl (C=O) groups excluding carboxylic acids is 1. The number of nitrogens with one attached hydrogen (secondary N) is 1. The third-order valence-electron chi connectivity index (χ3n) is 5.03. The molecule has 2 rings (SSSR count). The Balaban J connectivity index is 1.98. The first-order valence-electron chi connectivity index (χ1n) is 10.2. The maximum atomic E-state index is 12.3. The highest BCUT2D eigenvalue weighted by molar-refractivity contribution is 7.92. The number of nitro groups is 1. The first-order valence-corrected chi connectivity index (χ1v) is 12.1. The van der Waals surface area contributed by atoms with Crippen molar-refractivity contribution in [2.45, 2.75) is 46.1 Å². The Morgan fingerprint density at radius 1 is 1.10 bits per heavy atom. The summed E-state index contributed by atoms with van der Waals surface area (Å²) in [5.74, 6) is -0.170. The van der Waals surface area contributed by atoms with Gasteiger partial charge in [-0.3, -0.25) is 19.2 Å². The molecule has 2 aromatic carbocycles.